The van der Waals surface area contributed by atoms with E-state index in [0.717, 1.165) is 49.4 Å². The van der Waals surface area contributed by atoms with Gasteiger partial charge in [0.1, 0.15) is 18.1 Å². The van der Waals surface area contributed by atoms with E-state index in [1.807, 2.05) is 24.3 Å². The maximum Gasteiger partial charge on any atom is 0.337 e. The van der Waals surface area contributed by atoms with Crippen molar-refractivity contribution >= 4 is 23.3 Å². The molecular weight excluding hydrogens is 542 g/mol. The first kappa shape index (κ1) is 29.7. The molecule has 1 fully saturated rings. The third-order valence-corrected chi connectivity index (χ3v) is 7.77. The van der Waals surface area contributed by atoms with E-state index in [9.17, 15) is 19.8 Å². The lowest BCUT2D eigenvalue weighted by atomic mass is 9.96. The first-order valence-electron chi connectivity index (χ1n) is 14.6. The topological polar surface area (TPSA) is 102 Å². The van der Waals surface area contributed by atoms with Crippen LogP contribution >= 0.6 is 0 Å². The first-order valence-corrected chi connectivity index (χ1v) is 14.6. The molecule has 0 spiro atoms. The normalized spacial score (nSPS) is 13.6. The van der Waals surface area contributed by atoms with Gasteiger partial charge >= 0.3 is 5.97 Å². The fourth-order valence-electron chi connectivity index (χ4n) is 5.23. The van der Waals surface area contributed by atoms with Gasteiger partial charge in [0, 0.05) is 38.4 Å². The average molecular weight is 580 g/mol. The van der Waals surface area contributed by atoms with Crippen molar-refractivity contribution in [2.75, 3.05) is 49.5 Å². The molecule has 0 atom stereocenters. The molecule has 1 aliphatic rings. The van der Waals surface area contributed by atoms with Gasteiger partial charge in [0.05, 0.1) is 16.8 Å². The number of piperazine rings is 1. The Balaban J connectivity index is 1.23. The Morgan fingerprint density at radius 3 is 2.30 bits per heavy atom. The van der Waals surface area contributed by atoms with Crippen LogP contribution in [0.2, 0.25) is 0 Å². The van der Waals surface area contributed by atoms with Crippen molar-refractivity contribution < 1.29 is 24.5 Å². The summed E-state index contributed by atoms with van der Waals surface area (Å²) < 4.78 is 5.95. The van der Waals surface area contributed by atoms with Crippen LogP contribution in [0.4, 0.5) is 11.4 Å². The highest BCUT2D eigenvalue weighted by atomic mass is 16.5. The number of nitrogens with one attached hydrogen (secondary N) is 1. The number of aromatic carboxylic acids is 1. The summed E-state index contributed by atoms with van der Waals surface area (Å²) in [6.07, 6.45) is 0. The van der Waals surface area contributed by atoms with Crippen molar-refractivity contribution in [3.8, 4) is 22.6 Å². The summed E-state index contributed by atoms with van der Waals surface area (Å²) in [6, 6.07) is 27.8. The van der Waals surface area contributed by atoms with Crippen LogP contribution < -0.4 is 15.0 Å². The molecule has 4 aromatic rings. The molecule has 0 aromatic heterocycles. The number of benzene rings is 4. The number of nitrogens with zero attached hydrogens (tertiary/aromatic N) is 2. The Morgan fingerprint density at radius 2 is 1.58 bits per heavy atom. The molecule has 1 amide bonds. The van der Waals surface area contributed by atoms with Crippen LogP contribution in [0.1, 0.15) is 46.0 Å². The molecule has 4 aromatic carbocycles. The quantitative estimate of drug-likeness (QED) is 0.202. The number of amides is 1. The van der Waals surface area contributed by atoms with Gasteiger partial charge in [0.25, 0.3) is 5.91 Å². The molecule has 1 aliphatic heterocycles. The van der Waals surface area contributed by atoms with Gasteiger partial charge < -0.3 is 25.2 Å². The van der Waals surface area contributed by atoms with E-state index in [4.69, 9.17) is 4.74 Å². The van der Waals surface area contributed by atoms with Crippen molar-refractivity contribution in [1.29, 1.82) is 0 Å². The monoisotopic (exact) mass is 579 g/mol. The maximum atomic E-state index is 13.3. The fourth-order valence-corrected chi connectivity index (χ4v) is 5.23. The summed E-state index contributed by atoms with van der Waals surface area (Å²) in [5.41, 5.74) is 4.17. The molecule has 222 valence electrons. The number of para-hydroxylation sites is 1. The SMILES string of the molecule is CC(C)c1cccc(-c2ccc(C(=O)O)c(NC(=O)c3cc(OCCN4CCN(c5ccccc5)CC4)ccc3O)c2)c1. The van der Waals surface area contributed by atoms with Gasteiger partial charge in [-0.2, -0.15) is 0 Å². The Bertz CT molecular complexity index is 1580. The Labute approximate surface area is 252 Å². The number of phenolic OH excluding ortho intramolecular Hbond substituents is 1. The van der Waals surface area contributed by atoms with Gasteiger partial charge in [-0.05, 0) is 65.1 Å². The van der Waals surface area contributed by atoms with Crippen LogP contribution in [0.5, 0.6) is 11.5 Å². The maximum absolute atomic E-state index is 13.3. The zero-order valence-electron chi connectivity index (χ0n) is 24.5. The first-order chi connectivity index (χ1) is 20.8. The third kappa shape index (κ3) is 7.34. The van der Waals surface area contributed by atoms with E-state index in [2.05, 4.69) is 59.3 Å². The van der Waals surface area contributed by atoms with E-state index >= 15 is 0 Å². The molecule has 0 aliphatic carbocycles. The lowest BCUT2D eigenvalue weighted by molar-refractivity contribution is 0.0698. The standard InChI is InChI=1S/C35H37N3O5/c1-24(2)25-7-6-8-26(21-25)27-11-13-30(35(41)42)32(22-27)36-34(40)31-23-29(12-14-33(31)39)43-20-19-37-15-17-38(18-16-37)28-9-4-3-5-10-28/h3-14,21-24,39H,15-20H2,1-2H3,(H,36,40)(H,41,42). The Hall–Kier alpha value is -4.82. The van der Waals surface area contributed by atoms with Crippen molar-refractivity contribution in [2.24, 2.45) is 0 Å². The van der Waals surface area contributed by atoms with E-state index < -0.39 is 11.9 Å². The van der Waals surface area contributed by atoms with E-state index in [1.54, 1.807) is 18.2 Å². The highest BCUT2D eigenvalue weighted by Crippen LogP contribution is 2.30. The molecule has 0 radical (unpaired) electrons. The summed E-state index contributed by atoms with van der Waals surface area (Å²) in [4.78, 5) is 30.0. The van der Waals surface area contributed by atoms with Crippen LogP contribution in [0.3, 0.4) is 0 Å². The highest BCUT2D eigenvalue weighted by molar-refractivity contribution is 6.09. The minimum atomic E-state index is -1.16. The van der Waals surface area contributed by atoms with Crippen LogP contribution in [0.15, 0.2) is 91.0 Å². The molecule has 0 bridgehead atoms. The van der Waals surface area contributed by atoms with Crippen molar-refractivity contribution in [3.05, 3.63) is 108 Å². The minimum absolute atomic E-state index is 0.00229. The molecule has 1 heterocycles. The Morgan fingerprint density at radius 1 is 0.837 bits per heavy atom. The van der Waals surface area contributed by atoms with Gasteiger partial charge in [-0.3, -0.25) is 9.69 Å². The average Bonchev–Trinajstić information content (AvgIpc) is 3.02. The number of carboxylic acid groups (broad SMARTS) is 1. The second-order valence-corrected chi connectivity index (χ2v) is 11.0. The number of carboxylic acids is 1. The number of phenols is 1. The predicted octanol–water partition coefficient (Wildman–Crippen LogP) is 6.33. The summed E-state index contributed by atoms with van der Waals surface area (Å²) in [6.45, 7) is 9.11. The lowest BCUT2D eigenvalue weighted by Crippen LogP contribution is -2.47. The number of hydrogen-bond donors (Lipinski definition) is 3. The summed E-state index contributed by atoms with van der Waals surface area (Å²) in [5.74, 6) is -1.23. The zero-order chi connectivity index (χ0) is 30.3. The number of anilines is 2. The van der Waals surface area contributed by atoms with Crippen molar-refractivity contribution in [3.63, 3.8) is 0 Å². The molecule has 43 heavy (non-hydrogen) atoms. The van der Waals surface area contributed by atoms with E-state index in [1.165, 1.54) is 23.9 Å². The number of carbonyl (C=O) groups is 2. The summed E-state index contributed by atoms with van der Waals surface area (Å²) in [5, 5.41) is 23.0. The molecule has 1 saturated heterocycles. The smallest absolute Gasteiger partial charge is 0.337 e. The number of carbonyl (C=O) groups excluding carboxylic acids is 1. The van der Waals surface area contributed by atoms with Crippen molar-refractivity contribution in [1.82, 2.24) is 4.90 Å². The predicted molar refractivity (Wildman–Crippen MR) is 170 cm³/mol. The number of rotatable bonds is 10. The summed E-state index contributed by atoms with van der Waals surface area (Å²) in [7, 11) is 0. The van der Waals surface area contributed by atoms with Crippen LogP contribution in [0.25, 0.3) is 11.1 Å². The van der Waals surface area contributed by atoms with E-state index in [-0.39, 0.29) is 22.6 Å². The summed E-state index contributed by atoms with van der Waals surface area (Å²) >= 11 is 0. The number of ether oxygens (including phenoxy) is 1. The van der Waals surface area contributed by atoms with Crippen molar-refractivity contribution in [2.45, 2.75) is 19.8 Å². The Kier molecular flexibility index (Phi) is 9.27. The zero-order valence-corrected chi connectivity index (χ0v) is 24.5. The number of aromatic hydroxyl groups is 1. The van der Waals surface area contributed by atoms with Crippen LogP contribution in [0, 0.1) is 0 Å². The van der Waals surface area contributed by atoms with Crippen LogP contribution in [-0.4, -0.2) is 66.3 Å². The lowest BCUT2D eigenvalue weighted by Gasteiger charge is -2.36. The van der Waals surface area contributed by atoms with Crippen LogP contribution in [-0.2, 0) is 0 Å². The van der Waals surface area contributed by atoms with Gasteiger partial charge in [-0.25, -0.2) is 4.79 Å². The van der Waals surface area contributed by atoms with Gasteiger partial charge in [-0.1, -0.05) is 62.4 Å². The van der Waals surface area contributed by atoms with Gasteiger partial charge in [0.2, 0.25) is 0 Å². The fraction of sp³-hybridized carbons (Fsp3) is 0.257. The molecule has 0 unspecified atom stereocenters. The van der Waals surface area contributed by atoms with E-state index in [0.29, 0.717) is 18.3 Å². The minimum Gasteiger partial charge on any atom is -0.507 e. The molecule has 0 saturated carbocycles. The van der Waals surface area contributed by atoms with Gasteiger partial charge in [0.15, 0.2) is 0 Å². The molecule has 8 heteroatoms. The second-order valence-electron chi connectivity index (χ2n) is 11.0. The number of hydrogen-bond acceptors (Lipinski definition) is 6. The molecule has 3 N–H and O–H groups in total. The highest BCUT2D eigenvalue weighted by Gasteiger charge is 2.19. The van der Waals surface area contributed by atoms with Gasteiger partial charge in [-0.15, -0.1) is 0 Å². The largest absolute Gasteiger partial charge is 0.507 e. The third-order valence-electron chi connectivity index (χ3n) is 7.77. The molecule has 5 rings (SSSR count). The molecular formula is C35H37N3O5. The second kappa shape index (κ2) is 13.4. The molecule has 8 nitrogen and oxygen atoms in total.